The number of methoxy groups -OCH3 is 1. The van der Waals surface area contributed by atoms with Crippen LogP contribution in [0.25, 0.3) is 10.6 Å². The Morgan fingerprint density at radius 3 is 2.74 bits per heavy atom. The van der Waals surface area contributed by atoms with Crippen molar-refractivity contribution in [3.05, 3.63) is 33.3 Å². The van der Waals surface area contributed by atoms with Gasteiger partial charge >= 0.3 is 5.69 Å². The molecule has 1 atom stereocenters. The molecule has 0 aliphatic carbocycles. The minimum absolute atomic E-state index is 0.101. The summed E-state index contributed by atoms with van der Waals surface area (Å²) in [6.45, 7) is 1.79. The SMILES string of the molecule is COc1ccc(-c2nnc(C(C)Cl)s2)cc1[N+](=O)[O-]. The molecule has 0 amide bonds. The number of hydrogen-bond donors (Lipinski definition) is 0. The van der Waals surface area contributed by atoms with Crippen LogP contribution in [0, 0.1) is 10.1 Å². The van der Waals surface area contributed by atoms with Crippen molar-refractivity contribution in [1.82, 2.24) is 10.2 Å². The molecule has 0 N–H and O–H groups in total. The van der Waals surface area contributed by atoms with Crippen molar-refractivity contribution < 1.29 is 9.66 Å². The monoisotopic (exact) mass is 299 g/mol. The number of aromatic nitrogens is 2. The fraction of sp³-hybridized carbons (Fsp3) is 0.273. The molecule has 6 nitrogen and oxygen atoms in total. The molecule has 0 bridgehead atoms. The normalized spacial score (nSPS) is 12.2. The fourth-order valence-electron chi connectivity index (χ4n) is 1.48. The van der Waals surface area contributed by atoms with Gasteiger partial charge in [-0.1, -0.05) is 11.3 Å². The van der Waals surface area contributed by atoms with Crippen molar-refractivity contribution in [1.29, 1.82) is 0 Å². The Morgan fingerprint density at radius 1 is 1.47 bits per heavy atom. The molecule has 2 aromatic rings. The number of nitrogens with zero attached hydrogens (tertiary/aromatic N) is 3. The highest BCUT2D eigenvalue weighted by Crippen LogP contribution is 2.34. The van der Waals surface area contributed by atoms with Crippen LogP contribution in [0.2, 0.25) is 0 Å². The Kier molecular flexibility index (Phi) is 3.96. The number of nitro groups is 1. The largest absolute Gasteiger partial charge is 0.490 e. The van der Waals surface area contributed by atoms with E-state index < -0.39 is 4.92 Å². The number of alkyl halides is 1. The average molecular weight is 300 g/mol. The summed E-state index contributed by atoms with van der Waals surface area (Å²) >= 11 is 7.22. The number of rotatable bonds is 4. The van der Waals surface area contributed by atoms with Gasteiger partial charge in [0.25, 0.3) is 0 Å². The van der Waals surface area contributed by atoms with Gasteiger partial charge in [0.1, 0.15) is 10.0 Å². The van der Waals surface area contributed by atoms with E-state index in [1.54, 1.807) is 19.1 Å². The predicted octanol–water partition coefficient (Wildman–Crippen LogP) is 3.42. The zero-order valence-corrected chi connectivity index (χ0v) is 11.7. The molecule has 0 aliphatic heterocycles. The summed E-state index contributed by atoms with van der Waals surface area (Å²) in [6.07, 6.45) is 0. The molecular formula is C11H10ClN3O3S. The molecule has 0 spiro atoms. The van der Waals surface area contributed by atoms with E-state index in [0.29, 0.717) is 15.6 Å². The Hall–Kier alpha value is -1.73. The van der Waals surface area contributed by atoms with E-state index in [9.17, 15) is 10.1 Å². The zero-order valence-electron chi connectivity index (χ0n) is 10.2. The molecule has 0 aliphatic rings. The summed E-state index contributed by atoms with van der Waals surface area (Å²) in [4.78, 5) is 10.5. The van der Waals surface area contributed by atoms with Crippen molar-refractivity contribution in [3.8, 4) is 16.3 Å². The van der Waals surface area contributed by atoms with Crippen LogP contribution in [0.5, 0.6) is 5.75 Å². The quantitative estimate of drug-likeness (QED) is 0.491. The van der Waals surface area contributed by atoms with Crippen LogP contribution in [0.15, 0.2) is 18.2 Å². The summed E-state index contributed by atoms with van der Waals surface area (Å²) in [5, 5.41) is 19.9. The highest BCUT2D eigenvalue weighted by atomic mass is 35.5. The number of halogens is 1. The smallest absolute Gasteiger partial charge is 0.311 e. The third-order valence-electron chi connectivity index (χ3n) is 2.40. The van der Waals surface area contributed by atoms with Gasteiger partial charge in [-0.15, -0.1) is 21.8 Å². The first-order chi connectivity index (χ1) is 9.02. The second kappa shape index (κ2) is 5.50. The number of hydrogen-bond acceptors (Lipinski definition) is 6. The van der Waals surface area contributed by atoms with Crippen molar-refractivity contribution >= 4 is 28.6 Å². The lowest BCUT2D eigenvalue weighted by Crippen LogP contribution is -1.94. The van der Waals surface area contributed by atoms with Gasteiger partial charge in [-0.3, -0.25) is 10.1 Å². The number of nitro benzene ring substituents is 1. The lowest BCUT2D eigenvalue weighted by molar-refractivity contribution is -0.385. The zero-order chi connectivity index (χ0) is 14.0. The number of benzene rings is 1. The van der Waals surface area contributed by atoms with Crippen molar-refractivity contribution in [2.45, 2.75) is 12.3 Å². The minimum atomic E-state index is -0.492. The van der Waals surface area contributed by atoms with Crippen LogP contribution >= 0.6 is 22.9 Å². The molecule has 100 valence electrons. The average Bonchev–Trinajstić information content (AvgIpc) is 2.87. The molecule has 0 radical (unpaired) electrons. The van der Waals surface area contributed by atoms with Crippen LogP contribution in [0.4, 0.5) is 5.69 Å². The van der Waals surface area contributed by atoms with E-state index in [-0.39, 0.29) is 16.8 Å². The Morgan fingerprint density at radius 2 is 2.21 bits per heavy atom. The van der Waals surface area contributed by atoms with Crippen molar-refractivity contribution in [2.75, 3.05) is 7.11 Å². The van der Waals surface area contributed by atoms with Gasteiger partial charge in [-0.05, 0) is 19.1 Å². The lowest BCUT2D eigenvalue weighted by Gasteiger charge is -2.02. The van der Waals surface area contributed by atoms with Gasteiger partial charge in [0.05, 0.1) is 17.4 Å². The molecule has 1 aromatic heterocycles. The summed E-state index contributed by atoms with van der Waals surface area (Å²) in [5.74, 6) is 0.212. The standard InChI is InChI=1S/C11H10ClN3O3S/c1-6(12)10-13-14-11(19-10)7-3-4-9(18-2)8(5-7)15(16)17/h3-6H,1-2H3. The van der Waals surface area contributed by atoms with Gasteiger partial charge in [0.2, 0.25) is 0 Å². The highest BCUT2D eigenvalue weighted by Gasteiger charge is 2.18. The third-order valence-corrected chi connectivity index (χ3v) is 3.89. The second-order valence-electron chi connectivity index (χ2n) is 3.71. The van der Waals surface area contributed by atoms with E-state index in [1.165, 1.54) is 24.5 Å². The molecule has 2 rings (SSSR count). The summed E-state index contributed by atoms with van der Waals surface area (Å²) in [6, 6.07) is 4.66. The Labute approximate surface area is 118 Å². The maximum atomic E-state index is 10.9. The molecule has 1 unspecified atom stereocenters. The Bertz CT molecular complexity index is 615. The van der Waals surface area contributed by atoms with E-state index in [4.69, 9.17) is 16.3 Å². The van der Waals surface area contributed by atoms with E-state index in [2.05, 4.69) is 10.2 Å². The number of ether oxygens (including phenoxy) is 1. The van der Waals surface area contributed by atoms with Gasteiger partial charge in [0.15, 0.2) is 5.75 Å². The molecule has 0 fully saturated rings. The van der Waals surface area contributed by atoms with Crippen LogP contribution in [0.3, 0.4) is 0 Å². The molecular weight excluding hydrogens is 290 g/mol. The van der Waals surface area contributed by atoms with E-state index in [0.717, 1.165) is 0 Å². The topological polar surface area (TPSA) is 78.2 Å². The van der Waals surface area contributed by atoms with Gasteiger partial charge < -0.3 is 4.74 Å². The van der Waals surface area contributed by atoms with Crippen molar-refractivity contribution in [2.24, 2.45) is 0 Å². The maximum Gasteiger partial charge on any atom is 0.311 e. The summed E-state index contributed by atoms with van der Waals surface area (Å²) < 4.78 is 4.95. The highest BCUT2D eigenvalue weighted by molar-refractivity contribution is 7.15. The minimum Gasteiger partial charge on any atom is -0.490 e. The fourth-order valence-corrected chi connectivity index (χ4v) is 2.42. The molecule has 8 heteroatoms. The van der Waals surface area contributed by atoms with Gasteiger partial charge in [-0.2, -0.15) is 0 Å². The van der Waals surface area contributed by atoms with Crippen LogP contribution in [0.1, 0.15) is 17.3 Å². The van der Waals surface area contributed by atoms with Crippen LogP contribution in [-0.2, 0) is 0 Å². The lowest BCUT2D eigenvalue weighted by atomic mass is 10.2. The van der Waals surface area contributed by atoms with E-state index >= 15 is 0 Å². The molecule has 0 saturated heterocycles. The summed E-state index contributed by atoms with van der Waals surface area (Å²) in [7, 11) is 1.39. The predicted molar refractivity (Wildman–Crippen MR) is 72.8 cm³/mol. The molecule has 1 heterocycles. The first-order valence-electron chi connectivity index (χ1n) is 5.33. The Balaban J connectivity index is 2.44. The summed E-state index contributed by atoms with van der Waals surface area (Å²) in [5.41, 5.74) is 0.518. The maximum absolute atomic E-state index is 10.9. The van der Waals surface area contributed by atoms with E-state index in [1.807, 2.05) is 0 Å². The van der Waals surface area contributed by atoms with Crippen LogP contribution < -0.4 is 4.74 Å². The first-order valence-corrected chi connectivity index (χ1v) is 6.58. The van der Waals surface area contributed by atoms with Crippen molar-refractivity contribution in [3.63, 3.8) is 0 Å². The van der Waals surface area contributed by atoms with Gasteiger partial charge in [-0.25, -0.2) is 0 Å². The third kappa shape index (κ3) is 2.82. The molecule has 1 aromatic carbocycles. The molecule has 0 saturated carbocycles. The van der Waals surface area contributed by atoms with Gasteiger partial charge in [0, 0.05) is 11.6 Å². The second-order valence-corrected chi connectivity index (χ2v) is 5.37. The first kappa shape index (κ1) is 13.7. The molecule has 19 heavy (non-hydrogen) atoms. The van der Waals surface area contributed by atoms with Crippen LogP contribution in [-0.4, -0.2) is 22.2 Å².